The molecule has 2 aromatic rings. The molecule has 0 unspecified atom stereocenters. The third kappa shape index (κ3) is 1.93. The highest BCUT2D eigenvalue weighted by Gasteiger charge is 2.29. The number of para-hydroxylation sites is 2. The van der Waals surface area contributed by atoms with Crippen LogP contribution in [0.1, 0.15) is 15.9 Å². The lowest BCUT2D eigenvalue weighted by atomic mass is 10.1. The van der Waals surface area contributed by atoms with Crippen molar-refractivity contribution in [2.24, 2.45) is 0 Å². The number of rotatable bonds is 2. The van der Waals surface area contributed by atoms with Crippen molar-refractivity contribution < 1.29 is 9.72 Å². The van der Waals surface area contributed by atoms with Crippen LogP contribution in [-0.2, 0) is 6.42 Å². The first-order valence-electron chi connectivity index (χ1n) is 6.31. The molecule has 0 bridgehead atoms. The number of fused-ring (bicyclic) bond motifs is 1. The first-order chi connectivity index (χ1) is 9.68. The van der Waals surface area contributed by atoms with Gasteiger partial charge in [0, 0.05) is 18.3 Å². The minimum Gasteiger partial charge on any atom is -0.308 e. The van der Waals surface area contributed by atoms with Gasteiger partial charge >= 0.3 is 0 Å². The maximum absolute atomic E-state index is 12.6. The zero-order valence-corrected chi connectivity index (χ0v) is 10.7. The maximum atomic E-state index is 12.6. The molecule has 0 aliphatic carbocycles. The van der Waals surface area contributed by atoms with Gasteiger partial charge in [-0.05, 0) is 24.1 Å². The molecule has 3 rings (SSSR count). The minimum atomic E-state index is -0.519. The van der Waals surface area contributed by atoms with Gasteiger partial charge in [-0.3, -0.25) is 14.9 Å². The van der Waals surface area contributed by atoms with Gasteiger partial charge in [0.25, 0.3) is 11.6 Å². The Bertz CT molecular complexity index is 697. The van der Waals surface area contributed by atoms with Gasteiger partial charge in [0.15, 0.2) is 0 Å². The quantitative estimate of drug-likeness (QED) is 0.621. The zero-order chi connectivity index (χ0) is 14.1. The van der Waals surface area contributed by atoms with Crippen molar-refractivity contribution in [2.75, 3.05) is 11.4 Å². The standard InChI is InChI=1S/C15H12N2O3/c18-15(12-6-2-4-8-14(12)17(19)20)16-10-9-11-5-1-3-7-13(11)16/h1-8H,9-10H2. The van der Waals surface area contributed by atoms with Crippen LogP contribution in [0.15, 0.2) is 48.5 Å². The second-order valence-electron chi connectivity index (χ2n) is 4.61. The van der Waals surface area contributed by atoms with Gasteiger partial charge in [-0.2, -0.15) is 0 Å². The highest BCUT2D eigenvalue weighted by Crippen LogP contribution is 2.30. The van der Waals surface area contributed by atoms with Crippen LogP contribution in [0.3, 0.4) is 0 Å². The summed E-state index contributed by atoms with van der Waals surface area (Å²) in [5.74, 6) is -0.317. The Labute approximate surface area is 115 Å². The van der Waals surface area contributed by atoms with Crippen LogP contribution in [0.25, 0.3) is 0 Å². The van der Waals surface area contributed by atoms with E-state index in [2.05, 4.69) is 0 Å². The van der Waals surface area contributed by atoms with E-state index in [0.29, 0.717) is 6.54 Å². The number of carbonyl (C=O) groups excluding carboxylic acids is 1. The molecule has 1 aliphatic heterocycles. The Morgan fingerprint density at radius 3 is 2.60 bits per heavy atom. The molecule has 20 heavy (non-hydrogen) atoms. The van der Waals surface area contributed by atoms with Crippen LogP contribution >= 0.6 is 0 Å². The summed E-state index contributed by atoms with van der Waals surface area (Å²) in [4.78, 5) is 24.7. The monoisotopic (exact) mass is 268 g/mol. The molecular formula is C15H12N2O3. The van der Waals surface area contributed by atoms with Crippen LogP contribution < -0.4 is 4.90 Å². The fourth-order valence-electron chi connectivity index (χ4n) is 2.51. The summed E-state index contributed by atoms with van der Waals surface area (Å²) in [6.07, 6.45) is 0.780. The van der Waals surface area contributed by atoms with Crippen molar-refractivity contribution >= 4 is 17.3 Å². The average Bonchev–Trinajstić information content (AvgIpc) is 2.90. The number of carbonyl (C=O) groups is 1. The van der Waals surface area contributed by atoms with Gasteiger partial charge in [-0.1, -0.05) is 30.3 Å². The van der Waals surface area contributed by atoms with Crippen molar-refractivity contribution in [3.05, 3.63) is 69.8 Å². The molecule has 1 amide bonds. The lowest BCUT2D eigenvalue weighted by Gasteiger charge is -2.17. The summed E-state index contributed by atoms with van der Waals surface area (Å²) in [5.41, 5.74) is 1.92. The second-order valence-corrected chi connectivity index (χ2v) is 4.61. The third-order valence-corrected chi connectivity index (χ3v) is 3.46. The van der Waals surface area contributed by atoms with Crippen LogP contribution in [0.5, 0.6) is 0 Å². The van der Waals surface area contributed by atoms with Crippen molar-refractivity contribution in [2.45, 2.75) is 6.42 Å². The van der Waals surface area contributed by atoms with Crippen molar-refractivity contribution in [1.29, 1.82) is 0 Å². The Morgan fingerprint density at radius 2 is 1.80 bits per heavy atom. The summed E-state index contributed by atoms with van der Waals surface area (Å²) >= 11 is 0. The predicted molar refractivity (Wildman–Crippen MR) is 74.9 cm³/mol. The van der Waals surface area contributed by atoms with Gasteiger partial charge in [-0.15, -0.1) is 0 Å². The van der Waals surface area contributed by atoms with Crippen LogP contribution in [0.4, 0.5) is 11.4 Å². The number of hydrogen-bond donors (Lipinski definition) is 0. The fraction of sp³-hybridized carbons (Fsp3) is 0.133. The van der Waals surface area contributed by atoms with Crippen LogP contribution in [0.2, 0.25) is 0 Å². The summed E-state index contributed by atoms with van der Waals surface area (Å²) in [5, 5.41) is 11.0. The Kier molecular flexibility index (Phi) is 2.95. The smallest absolute Gasteiger partial charge is 0.282 e. The van der Waals surface area contributed by atoms with E-state index in [4.69, 9.17) is 0 Å². The minimum absolute atomic E-state index is 0.134. The molecule has 1 aliphatic rings. The summed E-state index contributed by atoms with van der Waals surface area (Å²) in [7, 11) is 0. The largest absolute Gasteiger partial charge is 0.308 e. The van der Waals surface area contributed by atoms with E-state index < -0.39 is 4.92 Å². The SMILES string of the molecule is O=C(c1ccccc1[N+](=O)[O-])N1CCc2ccccc21. The molecule has 0 spiro atoms. The van der Waals surface area contributed by atoms with Gasteiger partial charge < -0.3 is 4.90 Å². The molecule has 0 radical (unpaired) electrons. The molecule has 0 atom stereocenters. The summed E-state index contributed by atoms with van der Waals surface area (Å²) in [6.45, 7) is 0.560. The molecule has 5 heteroatoms. The molecule has 5 nitrogen and oxygen atoms in total. The van der Waals surface area contributed by atoms with Gasteiger partial charge in [0.2, 0.25) is 0 Å². The number of nitrogens with zero attached hydrogens (tertiary/aromatic N) is 2. The van der Waals surface area contributed by atoms with E-state index in [1.807, 2.05) is 24.3 Å². The lowest BCUT2D eigenvalue weighted by molar-refractivity contribution is -0.385. The van der Waals surface area contributed by atoms with E-state index in [0.717, 1.165) is 17.7 Å². The van der Waals surface area contributed by atoms with Gasteiger partial charge in [-0.25, -0.2) is 0 Å². The number of hydrogen-bond acceptors (Lipinski definition) is 3. The average molecular weight is 268 g/mol. The van der Waals surface area contributed by atoms with Crippen LogP contribution in [-0.4, -0.2) is 17.4 Å². The van der Waals surface area contributed by atoms with Gasteiger partial charge in [0.05, 0.1) is 4.92 Å². The Balaban J connectivity index is 2.01. The topological polar surface area (TPSA) is 63.4 Å². The molecule has 0 N–H and O–H groups in total. The zero-order valence-electron chi connectivity index (χ0n) is 10.7. The van der Waals surface area contributed by atoms with E-state index in [1.54, 1.807) is 17.0 Å². The van der Waals surface area contributed by atoms with E-state index in [-0.39, 0.29) is 17.2 Å². The van der Waals surface area contributed by atoms with E-state index in [1.165, 1.54) is 12.1 Å². The van der Waals surface area contributed by atoms with Gasteiger partial charge in [0.1, 0.15) is 5.56 Å². The van der Waals surface area contributed by atoms with E-state index >= 15 is 0 Å². The number of amides is 1. The number of anilines is 1. The molecule has 100 valence electrons. The first-order valence-corrected chi connectivity index (χ1v) is 6.31. The fourth-order valence-corrected chi connectivity index (χ4v) is 2.51. The number of nitro groups is 1. The number of benzene rings is 2. The lowest BCUT2D eigenvalue weighted by Crippen LogP contribution is -2.29. The normalized spacial score (nSPS) is 13.1. The highest BCUT2D eigenvalue weighted by atomic mass is 16.6. The molecule has 0 aromatic heterocycles. The predicted octanol–water partition coefficient (Wildman–Crippen LogP) is 2.80. The molecule has 0 saturated heterocycles. The molecular weight excluding hydrogens is 256 g/mol. The Morgan fingerprint density at radius 1 is 1.10 bits per heavy atom. The number of nitro benzene ring substituents is 1. The third-order valence-electron chi connectivity index (χ3n) is 3.46. The van der Waals surface area contributed by atoms with Crippen molar-refractivity contribution in [3.63, 3.8) is 0 Å². The Hall–Kier alpha value is -2.69. The summed E-state index contributed by atoms with van der Waals surface area (Å²) in [6, 6.07) is 13.7. The van der Waals surface area contributed by atoms with Crippen LogP contribution in [0, 0.1) is 10.1 Å². The molecule has 0 saturated carbocycles. The summed E-state index contributed by atoms with van der Waals surface area (Å²) < 4.78 is 0. The van der Waals surface area contributed by atoms with E-state index in [9.17, 15) is 14.9 Å². The molecule has 2 aromatic carbocycles. The molecule has 0 fully saturated rings. The first kappa shape index (κ1) is 12.3. The maximum Gasteiger partial charge on any atom is 0.282 e. The second kappa shape index (κ2) is 4.77. The molecule has 1 heterocycles. The van der Waals surface area contributed by atoms with Crippen molar-refractivity contribution in [3.8, 4) is 0 Å². The van der Waals surface area contributed by atoms with Crippen molar-refractivity contribution in [1.82, 2.24) is 0 Å². The highest BCUT2D eigenvalue weighted by molar-refractivity contribution is 6.09.